The number of hydrogen-bond donors (Lipinski definition) is 1. The Labute approximate surface area is 105 Å². The van der Waals surface area contributed by atoms with Gasteiger partial charge in [0.1, 0.15) is 0 Å². The summed E-state index contributed by atoms with van der Waals surface area (Å²) in [6.45, 7) is 2.09. The number of anilines is 1. The Balaban J connectivity index is 1.93. The lowest BCUT2D eigenvalue weighted by Crippen LogP contribution is -1.87. The predicted octanol–water partition coefficient (Wildman–Crippen LogP) is 2.90. The molecule has 2 aromatic rings. The van der Waals surface area contributed by atoms with Crippen molar-refractivity contribution < 1.29 is 4.52 Å². The Hall–Kier alpha value is -1.49. The van der Waals surface area contributed by atoms with Crippen LogP contribution in [0.4, 0.5) is 5.69 Å². The van der Waals surface area contributed by atoms with Crippen molar-refractivity contribution in [1.29, 1.82) is 0 Å². The highest BCUT2D eigenvalue weighted by atomic mass is 32.2. The zero-order valence-corrected chi connectivity index (χ0v) is 10.5. The fraction of sp³-hybridized carbons (Fsp3) is 0.333. The zero-order chi connectivity index (χ0) is 12.1. The smallest absolute Gasteiger partial charge is 0.226 e. The number of aryl methyl sites for hydroxylation is 1. The summed E-state index contributed by atoms with van der Waals surface area (Å²) >= 11 is 1.65. The molecule has 0 saturated heterocycles. The Morgan fingerprint density at radius 3 is 3.06 bits per heavy atom. The van der Waals surface area contributed by atoms with Crippen LogP contribution in [-0.2, 0) is 12.2 Å². The van der Waals surface area contributed by atoms with Crippen LogP contribution in [0.15, 0.2) is 33.7 Å². The van der Waals surface area contributed by atoms with Crippen molar-refractivity contribution in [3.8, 4) is 0 Å². The molecule has 2 rings (SSSR count). The van der Waals surface area contributed by atoms with E-state index < -0.39 is 0 Å². The molecular formula is C12H15N3OS. The number of nitrogens with zero attached hydrogens (tertiary/aromatic N) is 2. The molecule has 5 heteroatoms. The Morgan fingerprint density at radius 2 is 2.29 bits per heavy atom. The van der Waals surface area contributed by atoms with Crippen molar-refractivity contribution in [1.82, 2.24) is 10.1 Å². The van der Waals surface area contributed by atoms with Gasteiger partial charge in [0, 0.05) is 17.0 Å². The van der Waals surface area contributed by atoms with Crippen LogP contribution in [0.1, 0.15) is 25.1 Å². The summed E-state index contributed by atoms with van der Waals surface area (Å²) in [5.74, 6) is 2.16. The first kappa shape index (κ1) is 12.0. The molecule has 0 aliphatic heterocycles. The van der Waals surface area contributed by atoms with Gasteiger partial charge in [-0.3, -0.25) is 0 Å². The topological polar surface area (TPSA) is 64.9 Å². The maximum atomic E-state index is 5.71. The fourth-order valence-electron chi connectivity index (χ4n) is 1.42. The van der Waals surface area contributed by atoms with Gasteiger partial charge in [-0.05, 0) is 24.6 Å². The van der Waals surface area contributed by atoms with Gasteiger partial charge in [0.25, 0.3) is 0 Å². The summed E-state index contributed by atoms with van der Waals surface area (Å²) < 4.78 is 5.12. The van der Waals surface area contributed by atoms with Crippen molar-refractivity contribution in [2.75, 3.05) is 5.73 Å². The average Bonchev–Trinajstić information content (AvgIpc) is 2.75. The maximum Gasteiger partial charge on any atom is 0.226 e. The predicted molar refractivity (Wildman–Crippen MR) is 68.7 cm³/mol. The molecule has 2 N–H and O–H groups in total. The van der Waals surface area contributed by atoms with Gasteiger partial charge in [-0.25, -0.2) is 0 Å². The summed E-state index contributed by atoms with van der Waals surface area (Å²) in [6, 6.07) is 7.78. The monoisotopic (exact) mass is 249 g/mol. The molecule has 4 nitrogen and oxygen atoms in total. The number of nitrogens with two attached hydrogens (primary N) is 1. The second-order valence-corrected chi connectivity index (χ2v) is 4.76. The highest BCUT2D eigenvalue weighted by Gasteiger charge is 2.05. The third-order valence-electron chi connectivity index (χ3n) is 2.20. The molecule has 1 heterocycles. The van der Waals surface area contributed by atoms with Gasteiger partial charge in [0.15, 0.2) is 5.82 Å². The molecule has 0 spiro atoms. The summed E-state index contributed by atoms with van der Waals surface area (Å²) in [5.41, 5.74) is 6.48. The third-order valence-corrected chi connectivity index (χ3v) is 3.19. The van der Waals surface area contributed by atoms with Crippen LogP contribution in [0.5, 0.6) is 0 Å². The van der Waals surface area contributed by atoms with Gasteiger partial charge in [-0.1, -0.05) is 18.1 Å². The van der Waals surface area contributed by atoms with Crippen LogP contribution in [0.3, 0.4) is 0 Å². The van der Waals surface area contributed by atoms with Crippen LogP contribution in [0.25, 0.3) is 0 Å². The van der Waals surface area contributed by atoms with Crippen LogP contribution < -0.4 is 5.73 Å². The second-order valence-electron chi connectivity index (χ2n) is 3.72. The van der Waals surface area contributed by atoms with E-state index in [9.17, 15) is 0 Å². The van der Waals surface area contributed by atoms with Crippen molar-refractivity contribution in [3.05, 3.63) is 36.0 Å². The Bertz CT molecular complexity index is 484. The van der Waals surface area contributed by atoms with Crippen LogP contribution in [-0.4, -0.2) is 10.1 Å². The van der Waals surface area contributed by atoms with Gasteiger partial charge >= 0.3 is 0 Å². The van der Waals surface area contributed by atoms with E-state index in [0.717, 1.165) is 35.1 Å². The van der Waals surface area contributed by atoms with Crippen molar-refractivity contribution in [3.63, 3.8) is 0 Å². The lowest BCUT2D eigenvalue weighted by atomic mass is 10.3. The maximum absolute atomic E-state index is 5.71. The standard InChI is InChI=1S/C12H15N3OS/c1-2-4-12-14-11(15-16-12)8-17-10-6-3-5-9(13)7-10/h3,5-7H,2,4,8,13H2,1H3. The molecule has 90 valence electrons. The lowest BCUT2D eigenvalue weighted by Gasteiger charge is -1.99. The number of benzene rings is 1. The molecular weight excluding hydrogens is 234 g/mol. The van der Waals surface area contributed by atoms with Crippen LogP contribution >= 0.6 is 11.8 Å². The van der Waals surface area contributed by atoms with E-state index in [4.69, 9.17) is 10.3 Å². The van der Waals surface area contributed by atoms with Gasteiger partial charge in [0.05, 0.1) is 5.75 Å². The molecule has 0 aliphatic carbocycles. The van der Waals surface area contributed by atoms with Gasteiger partial charge in [-0.2, -0.15) is 4.98 Å². The summed E-state index contributed by atoms with van der Waals surface area (Å²) in [5, 5.41) is 3.93. The molecule has 0 bridgehead atoms. The molecule has 0 radical (unpaired) electrons. The average molecular weight is 249 g/mol. The van der Waals surface area contributed by atoms with Gasteiger partial charge in [0.2, 0.25) is 5.89 Å². The molecule has 17 heavy (non-hydrogen) atoms. The number of hydrogen-bond acceptors (Lipinski definition) is 5. The van der Waals surface area contributed by atoms with E-state index in [2.05, 4.69) is 17.1 Å². The third kappa shape index (κ3) is 3.49. The highest BCUT2D eigenvalue weighted by molar-refractivity contribution is 7.98. The molecule has 1 aromatic carbocycles. The largest absolute Gasteiger partial charge is 0.399 e. The van der Waals surface area contributed by atoms with Crippen LogP contribution in [0.2, 0.25) is 0 Å². The molecule has 0 atom stereocenters. The summed E-state index contributed by atoms with van der Waals surface area (Å²) in [4.78, 5) is 5.43. The van der Waals surface area contributed by atoms with E-state index in [-0.39, 0.29) is 0 Å². The molecule has 1 aromatic heterocycles. The van der Waals surface area contributed by atoms with E-state index in [0.29, 0.717) is 5.75 Å². The number of nitrogen functional groups attached to an aromatic ring is 1. The van der Waals surface area contributed by atoms with E-state index in [1.165, 1.54) is 0 Å². The number of rotatable bonds is 5. The minimum absolute atomic E-state index is 0.705. The van der Waals surface area contributed by atoms with Gasteiger partial charge < -0.3 is 10.3 Å². The second kappa shape index (κ2) is 5.72. The Kier molecular flexibility index (Phi) is 4.03. The Morgan fingerprint density at radius 1 is 1.41 bits per heavy atom. The molecule has 0 fully saturated rings. The minimum Gasteiger partial charge on any atom is -0.399 e. The van der Waals surface area contributed by atoms with Crippen molar-refractivity contribution >= 4 is 17.4 Å². The van der Waals surface area contributed by atoms with Gasteiger partial charge in [-0.15, -0.1) is 11.8 Å². The zero-order valence-electron chi connectivity index (χ0n) is 9.72. The summed E-state index contributed by atoms with van der Waals surface area (Å²) in [6.07, 6.45) is 1.86. The first-order valence-electron chi connectivity index (χ1n) is 5.57. The van der Waals surface area contributed by atoms with E-state index in [1.54, 1.807) is 11.8 Å². The number of thioether (sulfide) groups is 1. The molecule has 0 unspecified atom stereocenters. The lowest BCUT2D eigenvalue weighted by molar-refractivity contribution is 0.373. The SMILES string of the molecule is CCCc1nc(CSc2cccc(N)c2)no1. The quantitative estimate of drug-likeness (QED) is 0.652. The van der Waals surface area contributed by atoms with Crippen molar-refractivity contribution in [2.24, 2.45) is 0 Å². The molecule has 0 amide bonds. The molecule has 0 saturated carbocycles. The first-order valence-corrected chi connectivity index (χ1v) is 6.56. The van der Waals surface area contributed by atoms with E-state index >= 15 is 0 Å². The first-order chi connectivity index (χ1) is 8.28. The van der Waals surface area contributed by atoms with Crippen LogP contribution in [0, 0.1) is 0 Å². The van der Waals surface area contributed by atoms with Crippen molar-refractivity contribution in [2.45, 2.75) is 30.4 Å². The highest BCUT2D eigenvalue weighted by Crippen LogP contribution is 2.23. The number of aromatic nitrogens is 2. The minimum atomic E-state index is 0.705. The summed E-state index contributed by atoms with van der Waals surface area (Å²) in [7, 11) is 0. The fourth-order valence-corrected chi connectivity index (χ4v) is 2.22. The molecule has 0 aliphatic rings. The van der Waals surface area contributed by atoms with E-state index in [1.807, 2.05) is 24.3 Å². The normalized spacial score (nSPS) is 10.6.